The molecule has 53 heavy (non-hydrogen) atoms. The van der Waals surface area contributed by atoms with E-state index in [2.05, 4.69) is 199 Å². The number of rotatable bonds is 6. The van der Waals surface area contributed by atoms with E-state index in [0.717, 1.165) is 22.8 Å². The van der Waals surface area contributed by atoms with Gasteiger partial charge in [-0.1, -0.05) is 127 Å². The van der Waals surface area contributed by atoms with Crippen LogP contribution in [0, 0.1) is 0 Å². The van der Waals surface area contributed by atoms with E-state index in [4.69, 9.17) is 4.98 Å². The number of anilines is 3. The maximum atomic E-state index is 4.78. The lowest BCUT2D eigenvalue weighted by molar-refractivity contribution is 1.28. The van der Waals surface area contributed by atoms with Crippen LogP contribution in [0.2, 0.25) is 0 Å². The number of nitrogens with zero attached hydrogens (tertiary/aromatic N) is 2. The number of aromatic nitrogens is 1. The lowest BCUT2D eigenvalue weighted by atomic mass is 9.86. The zero-order valence-electron chi connectivity index (χ0n) is 29.0. The van der Waals surface area contributed by atoms with Crippen molar-refractivity contribution < 1.29 is 0 Å². The van der Waals surface area contributed by atoms with Gasteiger partial charge in [0.2, 0.25) is 0 Å². The van der Waals surface area contributed by atoms with Crippen LogP contribution in [0.5, 0.6) is 0 Å². The number of pyridine rings is 1. The summed E-state index contributed by atoms with van der Waals surface area (Å²) in [5.41, 5.74) is 10.4. The highest BCUT2D eigenvalue weighted by Gasteiger charge is 2.17. The fourth-order valence-electron chi connectivity index (χ4n) is 7.96. The molecule has 0 aliphatic carbocycles. The van der Waals surface area contributed by atoms with Gasteiger partial charge in [0.25, 0.3) is 0 Å². The van der Waals surface area contributed by atoms with Crippen LogP contribution in [0.1, 0.15) is 0 Å². The molecule has 0 atom stereocenters. The maximum Gasteiger partial charge on any atom is 0.0714 e. The minimum Gasteiger partial charge on any atom is -0.311 e. The second-order valence-electron chi connectivity index (χ2n) is 13.6. The summed E-state index contributed by atoms with van der Waals surface area (Å²) >= 11 is 0. The molecule has 10 aromatic rings. The van der Waals surface area contributed by atoms with Crippen molar-refractivity contribution in [2.24, 2.45) is 0 Å². The van der Waals surface area contributed by atoms with Crippen molar-refractivity contribution in [2.45, 2.75) is 0 Å². The van der Waals surface area contributed by atoms with E-state index in [1.54, 1.807) is 0 Å². The van der Waals surface area contributed by atoms with Crippen LogP contribution in [0.4, 0.5) is 17.1 Å². The van der Waals surface area contributed by atoms with E-state index in [1.807, 2.05) is 12.3 Å². The average molecular weight is 675 g/mol. The Balaban J connectivity index is 1.04. The van der Waals surface area contributed by atoms with Gasteiger partial charge in [0.15, 0.2) is 0 Å². The summed E-state index contributed by atoms with van der Waals surface area (Å²) < 4.78 is 0. The Hall–Kier alpha value is -7.03. The van der Waals surface area contributed by atoms with Gasteiger partial charge in [-0.2, -0.15) is 0 Å². The van der Waals surface area contributed by atoms with Crippen LogP contribution in [-0.2, 0) is 0 Å². The Bertz CT molecular complexity index is 2820. The van der Waals surface area contributed by atoms with Gasteiger partial charge in [0.1, 0.15) is 0 Å². The fourth-order valence-corrected chi connectivity index (χ4v) is 7.96. The lowest BCUT2D eigenvalue weighted by Crippen LogP contribution is -2.09. The lowest BCUT2D eigenvalue weighted by Gasteiger charge is -2.25. The van der Waals surface area contributed by atoms with E-state index in [1.165, 1.54) is 70.9 Å². The Morgan fingerprint density at radius 1 is 0.302 bits per heavy atom. The summed E-state index contributed by atoms with van der Waals surface area (Å²) in [5.74, 6) is 0. The summed E-state index contributed by atoms with van der Waals surface area (Å²) in [6.07, 6.45) is 1.88. The van der Waals surface area contributed by atoms with Crippen LogP contribution in [0.15, 0.2) is 206 Å². The molecule has 9 aromatic carbocycles. The van der Waals surface area contributed by atoms with Crippen LogP contribution in [0.25, 0.3) is 76.6 Å². The summed E-state index contributed by atoms with van der Waals surface area (Å²) in [6.45, 7) is 0. The predicted molar refractivity (Wildman–Crippen MR) is 225 cm³/mol. The predicted octanol–water partition coefficient (Wildman–Crippen LogP) is 14.2. The van der Waals surface area contributed by atoms with Crippen molar-refractivity contribution in [3.63, 3.8) is 0 Å². The zero-order valence-corrected chi connectivity index (χ0v) is 29.0. The number of fused-ring (bicyclic) bond motifs is 4. The van der Waals surface area contributed by atoms with E-state index in [0.29, 0.717) is 0 Å². The van der Waals surface area contributed by atoms with Gasteiger partial charge in [-0.25, -0.2) is 0 Å². The number of benzene rings is 9. The van der Waals surface area contributed by atoms with Crippen LogP contribution in [0.3, 0.4) is 0 Å². The SMILES string of the molecule is c1ccc(N(c2ccccc2)c2ccc(-c3ccc4cc5cc(-c6c7ccccc7c(-c7ccccn7)c7ccccc67)ccc5cc4c3)cc2)cc1. The molecule has 2 nitrogen and oxygen atoms in total. The molecule has 0 unspecified atom stereocenters. The van der Waals surface area contributed by atoms with Crippen molar-refractivity contribution >= 4 is 60.2 Å². The van der Waals surface area contributed by atoms with Gasteiger partial charge in [0, 0.05) is 28.8 Å². The molecule has 0 radical (unpaired) electrons. The second kappa shape index (κ2) is 12.9. The maximum absolute atomic E-state index is 4.78. The Morgan fingerprint density at radius 2 is 0.755 bits per heavy atom. The van der Waals surface area contributed by atoms with Gasteiger partial charge in [-0.05, 0) is 138 Å². The van der Waals surface area contributed by atoms with Crippen LogP contribution in [-0.4, -0.2) is 4.98 Å². The van der Waals surface area contributed by atoms with Crippen molar-refractivity contribution in [3.05, 3.63) is 206 Å². The molecule has 1 aromatic heterocycles. The summed E-state index contributed by atoms with van der Waals surface area (Å²) in [7, 11) is 0. The minimum absolute atomic E-state index is 0.994. The molecule has 0 amide bonds. The van der Waals surface area contributed by atoms with Crippen molar-refractivity contribution in [1.82, 2.24) is 4.98 Å². The van der Waals surface area contributed by atoms with Gasteiger partial charge in [-0.3, -0.25) is 4.98 Å². The first-order valence-corrected chi connectivity index (χ1v) is 18.1. The molecular weight excluding hydrogens is 641 g/mol. The molecule has 10 rings (SSSR count). The molecule has 0 bridgehead atoms. The minimum atomic E-state index is 0.994. The molecule has 248 valence electrons. The van der Waals surface area contributed by atoms with Gasteiger partial charge in [0.05, 0.1) is 5.69 Å². The largest absolute Gasteiger partial charge is 0.311 e. The fraction of sp³-hybridized carbons (Fsp3) is 0. The van der Waals surface area contributed by atoms with Gasteiger partial charge < -0.3 is 4.90 Å². The Kier molecular flexibility index (Phi) is 7.51. The molecule has 2 heteroatoms. The molecule has 0 spiro atoms. The standard InChI is InChI=1S/C51H34N2/c1-3-13-42(14-4-1)53(43-15-5-2-6-16-43)44-28-26-35(27-29-44)36-22-23-37-33-41-34-39(25-24-38(41)32-40(37)31-36)50-45-17-7-9-19-47(45)51(49-21-11-12-30-52-49)48-20-10-8-18-46(48)50/h1-34H. The molecule has 0 N–H and O–H groups in total. The molecular formula is C51H34N2. The summed E-state index contributed by atoms with van der Waals surface area (Å²) in [5, 5.41) is 9.83. The molecule has 0 saturated carbocycles. The highest BCUT2D eigenvalue weighted by molar-refractivity contribution is 6.21. The smallest absolute Gasteiger partial charge is 0.0714 e. The normalized spacial score (nSPS) is 11.4. The topological polar surface area (TPSA) is 16.1 Å². The summed E-state index contributed by atoms with van der Waals surface area (Å²) in [6, 6.07) is 72.1. The van der Waals surface area contributed by atoms with E-state index in [-0.39, 0.29) is 0 Å². The molecule has 0 fully saturated rings. The van der Waals surface area contributed by atoms with Gasteiger partial charge >= 0.3 is 0 Å². The third-order valence-corrected chi connectivity index (χ3v) is 10.4. The molecule has 0 aliphatic rings. The second-order valence-corrected chi connectivity index (χ2v) is 13.6. The first-order valence-electron chi connectivity index (χ1n) is 18.1. The third-order valence-electron chi connectivity index (χ3n) is 10.4. The Morgan fingerprint density at radius 3 is 1.30 bits per heavy atom. The zero-order chi connectivity index (χ0) is 35.1. The number of hydrogen-bond acceptors (Lipinski definition) is 2. The van der Waals surface area contributed by atoms with Crippen molar-refractivity contribution in [2.75, 3.05) is 4.90 Å². The van der Waals surface area contributed by atoms with Crippen LogP contribution >= 0.6 is 0 Å². The van der Waals surface area contributed by atoms with Crippen molar-refractivity contribution in [3.8, 4) is 33.5 Å². The summed E-state index contributed by atoms with van der Waals surface area (Å²) in [4.78, 5) is 7.08. The number of para-hydroxylation sites is 2. The molecule has 0 saturated heterocycles. The Labute approximate surface area is 308 Å². The van der Waals surface area contributed by atoms with E-state index >= 15 is 0 Å². The highest BCUT2D eigenvalue weighted by atomic mass is 15.1. The quantitative estimate of drug-likeness (QED) is 0.163. The first-order chi connectivity index (χ1) is 26.3. The molecule has 1 heterocycles. The van der Waals surface area contributed by atoms with Gasteiger partial charge in [-0.15, -0.1) is 0 Å². The number of hydrogen-bond donors (Lipinski definition) is 0. The van der Waals surface area contributed by atoms with Crippen LogP contribution < -0.4 is 4.90 Å². The molecule has 0 aliphatic heterocycles. The van der Waals surface area contributed by atoms with E-state index < -0.39 is 0 Å². The first kappa shape index (κ1) is 30.8. The van der Waals surface area contributed by atoms with E-state index in [9.17, 15) is 0 Å². The monoisotopic (exact) mass is 674 g/mol. The highest BCUT2D eigenvalue weighted by Crippen LogP contribution is 2.44. The average Bonchev–Trinajstić information content (AvgIpc) is 3.23. The third kappa shape index (κ3) is 5.49. The van der Waals surface area contributed by atoms with Crippen molar-refractivity contribution in [1.29, 1.82) is 0 Å².